The van der Waals surface area contributed by atoms with Crippen molar-refractivity contribution in [1.82, 2.24) is 4.31 Å². The summed E-state index contributed by atoms with van der Waals surface area (Å²) >= 11 is 0. The second-order valence-electron chi connectivity index (χ2n) is 6.43. The van der Waals surface area contributed by atoms with Crippen LogP contribution in [0.5, 0.6) is 0 Å². The van der Waals surface area contributed by atoms with Gasteiger partial charge in [-0.2, -0.15) is 4.31 Å². The SMILES string of the molecule is CCN(C(=O)CN(CCC1=CCCCC1)S(C)(=O)=O)c1ccccc1. The Morgan fingerprint density at radius 2 is 1.88 bits per heavy atom. The minimum Gasteiger partial charge on any atom is -0.312 e. The van der Waals surface area contributed by atoms with Crippen molar-refractivity contribution in [2.45, 2.75) is 39.0 Å². The van der Waals surface area contributed by atoms with Crippen molar-refractivity contribution in [2.24, 2.45) is 0 Å². The van der Waals surface area contributed by atoms with Gasteiger partial charge in [0.05, 0.1) is 12.8 Å². The quantitative estimate of drug-likeness (QED) is 0.666. The van der Waals surface area contributed by atoms with Crippen molar-refractivity contribution in [3.63, 3.8) is 0 Å². The number of hydrogen-bond donors (Lipinski definition) is 0. The number of carbonyl (C=O) groups excluding carboxylic acids is 1. The molecule has 0 N–H and O–H groups in total. The van der Waals surface area contributed by atoms with Gasteiger partial charge in [0.1, 0.15) is 0 Å². The number of amides is 1. The van der Waals surface area contributed by atoms with Crippen molar-refractivity contribution in [3.05, 3.63) is 42.0 Å². The van der Waals surface area contributed by atoms with E-state index in [4.69, 9.17) is 0 Å². The lowest BCUT2D eigenvalue weighted by Crippen LogP contribution is -2.43. The summed E-state index contributed by atoms with van der Waals surface area (Å²) in [6.45, 7) is 2.64. The van der Waals surface area contributed by atoms with E-state index in [0.29, 0.717) is 19.5 Å². The van der Waals surface area contributed by atoms with E-state index in [2.05, 4.69) is 6.08 Å². The standard InChI is InChI=1S/C19H28N2O3S/c1-3-21(18-12-8-5-9-13-18)19(22)16-20(25(2,23)24)15-14-17-10-6-4-7-11-17/h5,8-10,12-13H,3-4,6-7,11,14-16H2,1-2H3. The van der Waals surface area contributed by atoms with Crippen LogP contribution in [-0.2, 0) is 14.8 Å². The Hall–Kier alpha value is -1.66. The molecule has 0 heterocycles. The molecule has 1 aromatic carbocycles. The van der Waals surface area contributed by atoms with Gasteiger partial charge in [0.2, 0.25) is 15.9 Å². The fourth-order valence-electron chi connectivity index (χ4n) is 3.11. The minimum atomic E-state index is -3.43. The topological polar surface area (TPSA) is 57.7 Å². The zero-order valence-electron chi connectivity index (χ0n) is 15.1. The highest BCUT2D eigenvalue weighted by Gasteiger charge is 2.24. The zero-order chi connectivity index (χ0) is 18.3. The second-order valence-corrected chi connectivity index (χ2v) is 8.41. The van der Waals surface area contributed by atoms with E-state index in [1.165, 1.54) is 29.0 Å². The lowest BCUT2D eigenvalue weighted by atomic mass is 9.97. The molecule has 138 valence electrons. The van der Waals surface area contributed by atoms with Crippen LogP contribution in [0.25, 0.3) is 0 Å². The third kappa shape index (κ3) is 5.97. The molecule has 0 unspecified atom stereocenters. The van der Waals surface area contributed by atoms with Crippen LogP contribution in [-0.4, -0.2) is 44.5 Å². The summed E-state index contributed by atoms with van der Waals surface area (Å²) in [4.78, 5) is 14.3. The van der Waals surface area contributed by atoms with E-state index in [1.807, 2.05) is 37.3 Å². The second kappa shape index (κ2) is 9.15. The predicted octanol–water partition coefficient (Wildman–Crippen LogP) is 3.19. The molecule has 6 heteroatoms. The van der Waals surface area contributed by atoms with E-state index in [-0.39, 0.29) is 12.5 Å². The Bertz CT molecular complexity index is 699. The van der Waals surface area contributed by atoms with Gasteiger partial charge >= 0.3 is 0 Å². The summed E-state index contributed by atoms with van der Waals surface area (Å²) in [6, 6.07) is 9.35. The van der Waals surface area contributed by atoms with Gasteiger partial charge in [-0.05, 0) is 51.2 Å². The number of hydrogen-bond acceptors (Lipinski definition) is 3. The number of rotatable bonds is 8. The molecule has 1 amide bonds. The summed E-state index contributed by atoms with van der Waals surface area (Å²) in [6.07, 6.45) is 8.59. The van der Waals surface area contributed by atoms with Gasteiger partial charge in [0.15, 0.2) is 0 Å². The molecule has 0 atom stereocenters. The number of allylic oxidation sites excluding steroid dienone is 1. The van der Waals surface area contributed by atoms with E-state index in [0.717, 1.165) is 18.5 Å². The van der Waals surface area contributed by atoms with Crippen molar-refractivity contribution in [2.75, 3.05) is 30.8 Å². The fraction of sp³-hybridized carbons (Fsp3) is 0.526. The van der Waals surface area contributed by atoms with Crippen molar-refractivity contribution in [3.8, 4) is 0 Å². The van der Waals surface area contributed by atoms with Crippen LogP contribution in [0.15, 0.2) is 42.0 Å². The third-order valence-electron chi connectivity index (χ3n) is 4.53. The van der Waals surface area contributed by atoms with Gasteiger partial charge < -0.3 is 4.90 Å². The van der Waals surface area contributed by atoms with Crippen LogP contribution in [0, 0.1) is 0 Å². The molecular formula is C19H28N2O3S. The molecular weight excluding hydrogens is 336 g/mol. The molecule has 1 aliphatic carbocycles. The summed E-state index contributed by atoms with van der Waals surface area (Å²) in [7, 11) is -3.43. The predicted molar refractivity (Wildman–Crippen MR) is 102 cm³/mol. The smallest absolute Gasteiger partial charge is 0.242 e. The lowest BCUT2D eigenvalue weighted by Gasteiger charge is -2.26. The molecule has 2 rings (SSSR count). The van der Waals surface area contributed by atoms with Gasteiger partial charge in [-0.25, -0.2) is 8.42 Å². The molecule has 1 aliphatic rings. The molecule has 25 heavy (non-hydrogen) atoms. The largest absolute Gasteiger partial charge is 0.312 e. The van der Waals surface area contributed by atoms with Crippen LogP contribution < -0.4 is 4.90 Å². The summed E-state index contributed by atoms with van der Waals surface area (Å²) in [5, 5.41) is 0. The Morgan fingerprint density at radius 1 is 1.16 bits per heavy atom. The first-order chi connectivity index (χ1) is 11.9. The molecule has 5 nitrogen and oxygen atoms in total. The fourth-order valence-corrected chi connectivity index (χ4v) is 3.88. The van der Waals surface area contributed by atoms with Gasteiger partial charge in [0.25, 0.3) is 0 Å². The molecule has 0 aromatic heterocycles. The van der Waals surface area contributed by atoms with E-state index < -0.39 is 10.0 Å². The average molecular weight is 365 g/mol. The summed E-state index contributed by atoms with van der Waals surface area (Å²) in [5.41, 5.74) is 2.10. The van der Waals surface area contributed by atoms with Crippen molar-refractivity contribution in [1.29, 1.82) is 0 Å². The van der Waals surface area contributed by atoms with Gasteiger partial charge in [-0.1, -0.05) is 29.8 Å². The number of benzene rings is 1. The highest BCUT2D eigenvalue weighted by atomic mass is 32.2. The molecule has 0 spiro atoms. The number of nitrogens with zero attached hydrogens (tertiary/aromatic N) is 2. The molecule has 0 aliphatic heterocycles. The first-order valence-corrected chi connectivity index (χ1v) is 10.7. The maximum Gasteiger partial charge on any atom is 0.242 e. The van der Waals surface area contributed by atoms with Gasteiger partial charge in [-0.15, -0.1) is 0 Å². The van der Waals surface area contributed by atoms with E-state index >= 15 is 0 Å². The van der Waals surface area contributed by atoms with E-state index in [9.17, 15) is 13.2 Å². The van der Waals surface area contributed by atoms with Crippen LogP contribution >= 0.6 is 0 Å². The Morgan fingerprint density at radius 3 is 2.44 bits per heavy atom. The maximum atomic E-state index is 12.7. The van der Waals surface area contributed by atoms with Crippen LogP contribution in [0.4, 0.5) is 5.69 Å². The number of sulfonamides is 1. The Balaban J connectivity index is 2.05. The van der Waals surface area contributed by atoms with Gasteiger partial charge in [0, 0.05) is 18.8 Å². The number of para-hydroxylation sites is 1. The van der Waals surface area contributed by atoms with Crippen molar-refractivity contribution >= 4 is 21.6 Å². The number of carbonyl (C=O) groups is 1. The molecule has 0 saturated carbocycles. The van der Waals surface area contributed by atoms with Crippen LogP contribution in [0.3, 0.4) is 0 Å². The number of likely N-dealkylation sites (N-methyl/N-ethyl adjacent to an activating group) is 1. The lowest BCUT2D eigenvalue weighted by molar-refractivity contribution is -0.118. The molecule has 1 aromatic rings. The molecule has 0 radical (unpaired) electrons. The first kappa shape index (κ1) is 19.7. The Labute approximate surface area is 151 Å². The van der Waals surface area contributed by atoms with Crippen LogP contribution in [0.1, 0.15) is 39.0 Å². The molecule has 0 fully saturated rings. The highest BCUT2D eigenvalue weighted by Crippen LogP contribution is 2.21. The summed E-state index contributed by atoms with van der Waals surface area (Å²) < 4.78 is 25.5. The monoisotopic (exact) mass is 364 g/mol. The summed E-state index contributed by atoms with van der Waals surface area (Å²) in [5.74, 6) is -0.197. The van der Waals surface area contributed by atoms with E-state index in [1.54, 1.807) is 4.90 Å². The first-order valence-electron chi connectivity index (χ1n) is 8.90. The molecule has 0 saturated heterocycles. The zero-order valence-corrected chi connectivity index (χ0v) is 16.0. The van der Waals surface area contributed by atoms with Crippen molar-refractivity contribution < 1.29 is 13.2 Å². The minimum absolute atomic E-state index is 0.116. The normalized spacial score (nSPS) is 15.1. The molecule has 0 bridgehead atoms. The number of anilines is 1. The maximum absolute atomic E-state index is 12.7. The highest BCUT2D eigenvalue weighted by molar-refractivity contribution is 7.88. The Kier molecular flexibility index (Phi) is 7.20. The van der Waals surface area contributed by atoms with Gasteiger partial charge in [-0.3, -0.25) is 4.79 Å². The third-order valence-corrected chi connectivity index (χ3v) is 5.78. The van der Waals surface area contributed by atoms with Crippen LogP contribution in [0.2, 0.25) is 0 Å². The average Bonchev–Trinajstić information content (AvgIpc) is 2.60.